The molecule has 0 saturated heterocycles. The molecule has 0 fully saturated rings. The zero-order valence-corrected chi connectivity index (χ0v) is 21.4. The van der Waals surface area contributed by atoms with Crippen LogP contribution in [0.25, 0.3) is 0 Å². The largest absolute Gasteiger partial charge is 0.332 e. The summed E-state index contributed by atoms with van der Waals surface area (Å²) in [6.07, 6.45) is 4.61. The van der Waals surface area contributed by atoms with Gasteiger partial charge in [0.05, 0.1) is 6.54 Å². The van der Waals surface area contributed by atoms with Gasteiger partial charge in [0.25, 0.3) is 5.91 Å². The summed E-state index contributed by atoms with van der Waals surface area (Å²) in [6, 6.07) is 21.9. The molecular formula is C29H36N2O2S. The summed E-state index contributed by atoms with van der Waals surface area (Å²) in [5.74, 6) is -0.144. The quantitative estimate of drug-likeness (QED) is 0.278. The van der Waals surface area contributed by atoms with Crippen molar-refractivity contribution in [1.82, 2.24) is 9.80 Å². The third kappa shape index (κ3) is 7.56. The van der Waals surface area contributed by atoms with E-state index in [9.17, 15) is 9.59 Å². The van der Waals surface area contributed by atoms with Crippen LogP contribution in [0.4, 0.5) is 0 Å². The molecule has 1 heterocycles. The maximum Gasteiger partial charge on any atom is 0.254 e. The molecule has 0 radical (unpaired) electrons. The number of rotatable bonds is 12. The smallest absolute Gasteiger partial charge is 0.254 e. The van der Waals surface area contributed by atoms with Crippen molar-refractivity contribution < 1.29 is 9.59 Å². The lowest BCUT2D eigenvalue weighted by molar-refractivity contribution is -0.133. The minimum Gasteiger partial charge on any atom is -0.332 e. The molecule has 5 heteroatoms. The van der Waals surface area contributed by atoms with Gasteiger partial charge in [-0.1, -0.05) is 68.3 Å². The number of benzene rings is 2. The van der Waals surface area contributed by atoms with Crippen LogP contribution in [-0.4, -0.2) is 34.2 Å². The number of aryl methyl sites for hydroxylation is 1. The number of thiophene rings is 1. The van der Waals surface area contributed by atoms with Gasteiger partial charge in [-0.3, -0.25) is 9.59 Å². The van der Waals surface area contributed by atoms with E-state index in [2.05, 4.69) is 6.92 Å². The molecule has 0 N–H and O–H groups in total. The fraction of sp³-hybridized carbons (Fsp3) is 0.379. The van der Waals surface area contributed by atoms with Gasteiger partial charge in [-0.2, -0.15) is 0 Å². The fourth-order valence-electron chi connectivity index (χ4n) is 3.92. The normalized spacial score (nSPS) is 10.9. The summed E-state index contributed by atoms with van der Waals surface area (Å²) in [5, 5.41) is 2.02. The van der Waals surface area contributed by atoms with Crippen LogP contribution in [0.5, 0.6) is 0 Å². The molecule has 0 unspecified atom stereocenters. The molecule has 0 aliphatic rings. The van der Waals surface area contributed by atoms with Crippen LogP contribution in [0, 0.1) is 0 Å². The van der Waals surface area contributed by atoms with Gasteiger partial charge in [0.15, 0.2) is 0 Å². The Bertz CT molecular complexity index is 1010. The van der Waals surface area contributed by atoms with Crippen molar-refractivity contribution >= 4 is 23.2 Å². The molecule has 0 saturated carbocycles. The van der Waals surface area contributed by atoms with Gasteiger partial charge in [0.1, 0.15) is 6.54 Å². The van der Waals surface area contributed by atoms with Gasteiger partial charge in [-0.05, 0) is 61.4 Å². The zero-order chi connectivity index (χ0) is 24.3. The average molecular weight is 477 g/mol. The third-order valence-electron chi connectivity index (χ3n) is 5.96. The van der Waals surface area contributed by atoms with Crippen LogP contribution in [-0.2, 0) is 24.3 Å². The van der Waals surface area contributed by atoms with Gasteiger partial charge in [-0.25, -0.2) is 0 Å². The molecule has 0 aliphatic carbocycles. The van der Waals surface area contributed by atoms with Crippen molar-refractivity contribution in [2.45, 2.75) is 65.6 Å². The highest BCUT2D eigenvalue weighted by Crippen LogP contribution is 2.17. The van der Waals surface area contributed by atoms with Crippen molar-refractivity contribution in [2.75, 3.05) is 6.54 Å². The van der Waals surface area contributed by atoms with E-state index < -0.39 is 0 Å². The molecule has 2 amide bonds. The minimum atomic E-state index is -0.0979. The molecule has 3 aromatic rings. The Balaban J connectivity index is 1.72. The van der Waals surface area contributed by atoms with Gasteiger partial charge in [-0.15, -0.1) is 11.3 Å². The van der Waals surface area contributed by atoms with E-state index in [1.165, 1.54) is 18.4 Å². The number of nitrogens with zero attached hydrogens (tertiary/aromatic N) is 2. The maximum atomic E-state index is 13.5. The Kier molecular flexibility index (Phi) is 9.89. The van der Waals surface area contributed by atoms with Crippen LogP contribution in [0.2, 0.25) is 0 Å². The summed E-state index contributed by atoms with van der Waals surface area (Å²) < 4.78 is 0. The first kappa shape index (κ1) is 25.7. The molecule has 3 rings (SSSR count). The molecule has 180 valence electrons. The summed E-state index contributed by atoms with van der Waals surface area (Å²) in [5.41, 5.74) is 2.96. The average Bonchev–Trinajstić information content (AvgIpc) is 3.36. The number of hydrogen-bond donors (Lipinski definition) is 0. The monoisotopic (exact) mass is 476 g/mol. The highest BCUT2D eigenvalue weighted by atomic mass is 32.1. The first-order chi connectivity index (χ1) is 16.5. The molecule has 34 heavy (non-hydrogen) atoms. The Morgan fingerprint density at radius 2 is 1.59 bits per heavy atom. The van der Waals surface area contributed by atoms with Gasteiger partial charge in [0, 0.05) is 23.0 Å². The lowest BCUT2D eigenvalue weighted by Gasteiger charge is -2.30. The molecular weight excluding hydrogens is 440 g/mol. The highest BCUT2D eigenvalue weighted by Gasteiger charge is 2.25. The van der Waals surface area contributed by atoms with Crippen molar-refractivity contribution in [3.8, 4) is 0 Å². The minimum absolute atomic E-state index is 0.0458. The van der Waals surface area contributed by atoms with Crippen LogP contribution >= 0.6 is 11.3 Å². The van der Waals surface area contributed by atoms with Gasteiger partial charge in [0.2, 0.25) is 5.91 Å². The van der Waals surface area contributed by atoms with E-state index >= 15 is 0 Å². The van der Waals surface area contributed by atoms with E-state index in [4.69, 9.17) is 0 Å². The van der Waals surface area contributed by atoms with Crippen molar-refractivity contribution in [1.29, 1.82) is 0 Å². The topological polar surface area (TPSA) is 40.6 Å². The SMILES string of the molecule is CCCCCc1ccc(C(=O)N(CC(=O)N(Cc2ccccc2)Cc2cccs2)C(C)C)cc1. The van der Waals surface area contributed by atoms with Crippen molar-refractivity contribution in [3.05, 3.63) is 93.7 Å². The fourth-order valence-corrected chi connectivity index (χ4v) is 4.64. The van der Waals surface area contributed by atoms with Crippen LogP contribution in [0.15, 0.2) is 72.1 Å². The predicted molar refractivity (Wildman–Crippen MR) is 141 cm³/mol. The van der Waals surface area contributed by atoms with Crippen molar-refractivity contribution in [3.63, 3.8) is 0 Å². The summed E-state index contributed by atoms with van der Waals surface area (Å²) in [7, 11) is 0. The lowest BCUT2D eigenvalue weighted by Crippen LogP contribution is -2.45. The van der Waals surface area contributed by atoms with Gasteiger partial charge >= 0.3 is 0 Å². The molecule has 0 bridgehead atoms. The molecule has 4 nitrogen and oxygen atoms in total. The number of unbranched alkanes of at least 4 members (excludes halogenated alkanes) is 2. The second-order valence-electron chi connectivity index (χ2n) is 9.00. The second-order valence-corrected chi connectivity index (χ2v) is 10.0. The molecule has 0 aliphatic heterocycles. The van der Waals surface area contributed by atoms with E-state index in [1.54, 1.807) is 16.2 Å². The predicted octanol–water partition coefficient (Wildman–Crippen LogP) is 6.56. The first-order valence-electron chi connectivity index (χ1n) is 12.2. The summed E-state index contributed by atoms with van der Waals surface area (Å²) in [4.78, 5) is 31.5. The van der Waals surface area contributed by atoms with Crippen LogP contribution < -0.4 is 0 Å². The van der Waals surface area contributed by atoms with Gasteiger partial charge < -0.3 is 9.80 Å². The number of hydrogen-bond acceptors (Lipinski definition) is 3. The standard InChI is InChI=1S/C29H36N2O2S/c1-4-5-7-11-24-15-17-26(18-16-24)29(33)31(23(2)3)22-28(32)30(21-27-14-10-19-34-27)20-25-12-8-6-9-13-25/h6,8-10,12-19,23H,4-5,7,11,20-22H2,1-3H3. The Hall–Kier alpha value is -2.92. The third-order valence-corrected chi connectivity index (χ3v) is 6.82. The first-order valence-corrected chi connectivity index (χ1v) is 13.1. The summed E-state index contributed by atoms with van der Waals surface area (Å²) in [6.45, 7) is 7.25. The Morgan fingerprint density at radius 3 is 2.21 bits per heavy atom. The Labute approximate surface area is 208 Å². The number of carbonyl (C=O) groups excluding carboxylic acids is 2. The van der Waals surface area contributed by atoms with E-state index in [1.807, 2.05) is 90.9 Å². The highest BCUT2D eigenvalue weighted by molar-refractivity contribution is 7.09. The lowest BCUT2D eigenvalue weighted by atomic mass is 10.0. The molecule has 0 spiro atoms. The van der Waals surface area contributed by atoms with E-state index in [0.29, 0.717) is 18.7 Å². The Morgan fingerprint density at radius 1 is 0.853 bits per heavy atom. The maximum absolute atomic E-state index is 13.5. The summed E-state index contributed by atoms with van der Waals surface area (Å²) >= 11 is 1.64. The van der Waals surface area contributed by atoms with Crippen LogP contribution in [0.1, 0.15) is 66.4 Å². The zero-order valence-electron chi connectivity index (χ0n) is 20.6. The van der Waals surface area contributed by atoms with E-state index in [-0.39, 0.29) is 24.4 Å². The van der Waals surface area contributed by atoms with Crippen LogP contribution in [0.3, 0.4) is 0 Å². The molecule has 0 atom stereocenters. The molecule has 2 aromatic carbocycles. The van der Waals surface area contributed by atoms with Crippen molar-refractivity contribution in [2.24, 2.45) is 0 Å². The van der Waals surface area contributed by atoms with E-state index in [0.717, 1.165) is 23.3 Å². The second kappa shape index (κ2) is 13.1. The number of carbonyl (C=O) groups is 2. The number of amides is 2. The molecule has 1 aromatic heterocycles.